The van der Waals surface area contributed by atoms with Crippen molar-refractivity contribution in [2.75, 3.05) is 12.3 Å². The van der Waals surface area contributed by atoms with E-state index in [9.17, 15) is 14.4 Å². The number of anilines is 1. The monoisotopic (exact) mass is 295 g/mol. The molecule has 1 unspecified atom stereocenters. The van der Waals surface area contributed by atoms with E-state index < -0.39 is 24.0 Å². The molecule has 8 heteroatoms. The van der Waals surface area contributed by atoms with Crippen LogP contribution in [-0.2, 0) is 9.53 Å². The van der Waals surface area contributed by atoms with Crippen LogP contribution in [0.15, 0.2) is 18.2 Å². The van der Waals surface area contributed by atoms with Crippen molar-refractivity contribution in [3.63, 3.8) is 0 Å². The first-order valence-corrected chi connectivity index (χ1v) is 6.19. The van der Waals surface area contributed by atoms with Crippen LogP contribution in [0, 0.1) is 0 Å². The average Bonchev–Trinajstić information content (AvgIpc) is 2.40. The fourth-order valence-electron chi connectivity index (χ4n) is 1.52. The van der Waals surface area contributed by atoms with Crippen molar-refractivity contribution in [1.29, 1.82) is 0 Å². The van der Waals surface area contributed by atoms with Crippen LogP contribution >= 0.6 is 0 Å². The normalized spacial score (nSPS) is 11.3. The van der Waals surface area contributed by atoms with Gasteiger partial charge < -0.3 is 20.9 Å². The van der Waals surface area contributed by atoms with Crippen molar-refractivity contribution in [2.45, 2.75) is 20.0 Å². The van der Waals surface area contributed by atoms with Gasteiger partial charge in [-0.2, -0.15) is 0 Å². The molecule has 0 aliphatic carbocycles. The van der Waals surface area contributed by atoms with Crippen LogP contribution in [0.1, 0.15) is 24.2 Å². The van der Waals surface area contributed by atoms with E-state index in [4.69, 9.17) is 20.9 Å². The molecule has 0 radical (unpaired) electrons. The third kappa shape index (κ3) is 4.37. The summed E-state index contributed by atoms with van der Waals surface area (Å²) >= 11 is 0. The molecule has 1 aromatic rings. The van der Waals surface area contributed by atoms with Gasteiger partial charge in [0.05, 0.1) is 12.3 Å². The molecule has 0 saturated carbocycles. The number of hydrogen-bond acceptors (Lipinski definition) is 6. The second-order valence-electron chi connectivity index (χ2n) is 4.06. The Morgan fingerprint density at radius 1 is 1.33 bits per heavy atom. The Balaban J connectivity index is 2.87. The topological polar surface area (TPSA) is 134 Å². The molecule has 0 aliphatic heterocycles. The van der Waals surface area contributed by atoms with E-state index in [2.05, 4.69) is 0 Å². The number of ether oxygens (including phenoxy) is 2. The maximum absolute atomic E-state index is 12.0. The highest BCUT2D eigenvalue weighted by molar-refractivity contribution is 5.99. The summed E-state index contributed by atoms with van der Waals surface area (Å²) in [5, 5.41) is 1.82. The summed E-state index contributed by atoms with van der Waals surface area (Å²) in [6.07, 6.45) is -1.19. The lowest BCUT2D eigenvalue weighted by Crippen LogP contribution is -2.42. The summed E-state index contributed by atoms with van der Waals surface area (Å²) in [6, 6.07) is 3.57. The number of esters is 1. The lowest BCUT2D eigenvalue weighted by Gasteiger charge is -2.15. The maximum Gasteiger partial charge on any atom is 0.342 e. The minimum absolute atomic E-state index is 0.0931. The Kier molecular flexibility index (Phi) is 5.53. The number of nitrogens with one attached hydrogen (secondary N) is 1. The summed E-state index contributed by atoms with van der Waals surface area (Å²) in [7, 11) is 0. The number of benzene rings is 1. The summed E-state index contributed by atoms with van der Waals surface area (Å²) in [5.41, 5.74) is 10.9. The fourth-order valence-corrected chi connectivity index (χ4v) is 1.52. The zero-order valence-corrected chi connectivity index (χ0v) is 11.7. The smallest absolute Gasteiger partial charge is 0.342 e. The Hall–Kier alpha value is -2.77. The van der Waals surface area contributed by atoms with Crippen LogP contribution in [0.3, 0.4) is 0 Å². The van der Waals surface area contributed by atoms with Gasteiger partial charge in [-0.05, 0) is 26.0 Å². The predicted octanol–water partition coefficient (Wildman–Crippen LogP) is 0.408. The predicted molar refractivity (Wildman–Crippen MR) is 74.6 cm³/mol. The van der Waals surface area contributed by atoms with Crippen molar-refractivity contribution >= 4 is 23.6 Å². The summed E-state index contributed by atoms with van der Waals surface area (Å²) in [6.45, 7) is 3.36. The first-order chi connectivity index (χ1) is 9.86. The molecule has 0 spiro atoms. The number of nitrogens with two attached hydrogens (primary N) is 2. The number of amides is 3. The highest BCUT2D eigenvalue weighted by atomic mass is 16.5. The fraction of sp³-hybridized carbons (Fsp3) is 0.308. The molecule has 1 atom stereocenters. The van der Waals surface area contributed by atoms with Crippen LogP contribution in [-0.4, -0.2) is 30.6 Å². The van der Waals surface area contributed by atoms with Gasteiger partial charge in [0.15, 0.2) is 11.9 Å². The average molecular weight is 295 g/mol. The van der Waals surface area contributed by atoms with Crippen molar-refractivity contribution < 1.29 is 23.9 Å². The Bertz CT molecular complexity index is 559. The van der Waals surface area contributed by atoms with Gasteiger partial charge >= 0.3 is 12.0 Å². The standard InChI is InChI=1S/C13H17N3O5/c1-3-20-10-8(5-4-6-9(10)14)12(18)21-7(2)11(17)16-13(15)19/h4-7H,3,14H2,1-2H3,(H3,15,16,17,19). The van der Waals surface area contributed by atoms with Gasteiger partial charge in [-0.1, -0.05) is 6.07 Å². The molecule has 1 aromatic carbocycles. The van der Waals surface area contributed by atoms with Crippen LogP contribution < -0.4 is 21.5 Å². The van der Waals surface area contributed by atoms with Crippen molar-refractivity contribution in [1.82, 2.24) is 5.32 Å². The highest BCUT2D eigenvalue weighted by Gasteiger charge is 2.23. The van der Waals surface area contributed by atoms with Crippen molar-refractivity contribution in [3.8, 4) is 5.75 Å². The minimum atomic E-state index is -1.19. The van der Waals surface area contributed by atoms with Crippen molar-refractivity contribution in [2.24, 2.45) is 5.73 Å². The number of urea groups is 1. The number of para-hydroxylation sites is 1. The molecule has 0 fully saturated rings. The second-order valence-corrected chi connectivity index (χ2v) is 4.06. The molecule has 8 nitrogen and oxygen atoms in total. The molecule has 3 amide bonds. The molecular weight excluding hydrogens is 278 g/mol. The maximum atomic E-state index is 12.0. The van der Waals surface area contributed by atoms with Crippen molar-refractivity contribution in [3.05, 3.63) is 23.8 Å². The lowest BCUT2D eigenvalue weighted by molar-refractivity contribution is -0.127. The second kappa shape index (κ2) is 7.13. The van der Waals surface area contributed by atoms with E-state index >= 15 is 0 Å². The molecule has 0 aliphatic rings. The molecule has 0 aromatic heterocycles. The Morgan fingerprint density at radius 2 is 2.00 bits per heavy atom. The Labute approximate surface area is 121 Å². The number of carbonyl (C=O) groups is 3. The van der Waals surface area contributed by atoms with E-state index in [1.54, 1.807) is 19.1 Å². The molecule has 0 heterocycles. The molecule has 1 rings (SSSR count). The molecule has 0 bridgehead atoms. The molecule has 21 heavy (non-hydrogen) atoms. The van der Waals surface area contributed by atoms with Gasteiger partial charge in [0.25, 0.3) is 5.91 Å². The molecule has 5 N–H and O–H groups in total. The van der Waals surface area contributed by atoms with Gasteiger partial charge in [-0.25, -0.2) is 9.59 Å². The molecule has 114 valence electrons. The van der Waals surface area contributed by atoms with Gasteiger partial charge in [-0.3, -0.25) is 10.1 Å². The number of nitrogen functional groups attached to an aromatic ring is 1. The van der Waals surface area contributed by atoms with E-state index in [-0.39, 0.29) is 17.0 Å². The number of rotatable bonds is 5. The zero-order chi connectivity index (χ0) is 16.0. The van der Waals surface area contributed by atoms with Crippen LogP contribution in [0.25, 0.3) is 0 Å². The van der Waals surface area contributed by atoms with E-state index in [0.717, 1.165) is 0 Å². The molecular formula is C13H17N3O5. The largest absolute Gasteiger partial charge is 0.491 e. The first kappa shape index (κ1) is 16.3. The van der Waals surface area contributed by atoms with Crippen LogP contribution in [0.4, 0.5) is 10.5 Å². The quantitative estimate of drug-likeness (QED) is 0.532. The van der Waals surface area contributed by atoms with E-state index in [1.807, 2.05) is 5.32 Å². The lowest BCUT2D eigenvalue weighted by atomic mass is 10.1. The molecule has 0 saturated heterocycles. The zero-order valence-electron chi connectivity index (χ0n) is 11.7. The summed E-state index contributed by atoms with van der Waals surface area (Å²) in [5.74, 6) is -1.43. The Morgan fingerprint density at radius 3 is 2.57 bits per heavy atom. The van der Waals surface area contributed by atoms with E-state index in [1.165, 1.54) is 13.0 Å². The number of imide groups is 1. The first-order valence-electron chi connectivity index (χ1n) is 6.19. The van der Waals surface area contributed by atoms with Gasteiger partial charge in [0.2, 0.25) is 0 Å². The number of carbonyl (C=O) groups excluding carboxylic acids is 3. The van der Waals surface area contributed by atoms with Crippen LogP contribution in [0.5, 0.6) is 5.75 Å². The van der Waals surface area contributed by atoms with E-state index in [0.29, 0.717) is 6.61 Å². The minimum Gasteiger partial charge on any atom is -0.491 e. The highest BCUT2D eigenvalue weighted by Crippen LogP contribution is 2.27. The number of hydrogen-bond donors (Lipinski definition) is 3. The number of primary amides is 1. The summed E-state index contributed by atoms with van der Waals surface area (Å²) < 4.78 is 10.2. The summed E-state index contributed by atoms with van der Waals surface area (Å²) in [4.78, 5) is 34.1. The third-order valence-electron chi connectivity index (χ3n) is 2.45. The van der Waals surface area contributed by atoms with Crippen LogP contribution in [0.2, 0.25) is 0 Å². The van der Waals surface area contributed by atoms with Gasteiger partial charge in [-0.15, -0.1) is 0 Å². The third-order valence-corrected chi connectivity index (χ3v) is 2.45. The SMILES string of the molecule is CCOc1c(N)cccc1C(=O)OC(C)C(=O)NC(N)=O. The van der Waals surface area contributed by atoms with Gasteiger partial charge in [0.1, 0.15) is 5.56 Å². The van der Waals surface area contributed by atoms with Gasteiger partial charge in [0, 0.05) is 0 Å².